The van der Waals surface area contributed by atoms with Crippen LogP contribution in [0.15, 0.2) is 12.1 Å². The van der Waals surface area contributed by atoms with Gasteiger partial charge in [-0.05, 0) is 24.6 Å². The van der Waals surface area contributed by atoms with E-state index in [1.165, 1.54) is 0 Å². The number of rotatable bonds is 8. The highest BCUT2D eigenvalue weighted by atomic mass is 19.4. The van der Waals surface area contributed by atoms with Crippen molar-refractivity contribution in [2.75, 3.05) is 0 Å². The van der Waals surface area contributed by atoms with Crippen molar-refractivity contribution in [3.05, 3.63) is 28.8 Å². The molecule has 0 atom stereocenters. The molecular weight excluding hydrogens is 547 g/mol. The van der Waals surface area contributed by atoms with Crippen molar-refractivity contribution < 1.29 is 84.5 Å². The fraction of sp³-hybridized carbons (Fsp3) is 0.562. The second-order valence-electron chi connectivity index (χ2n) is 6.86. The molecule has 0 aliphatic heterocycles. The van der Waals surface area contributed by atoms with Gasteiger partial charge in [0.25, 0.3) is 0 Å². The molecule has 0 heterocycles. The summed E-state index contributed by atoms with van der Waals surface area (Å²) in [5, 5.41) is 9.23. The molecule has 0 saturated heterocycles. The van der Waals surface area contributed by atoms with E-state index in [0.717, 1.165) is 0 Å². The molecule has 0 unspecified atom stereocenters. The number of halogens is 17. The summed E-state index contributed by atoms with van der Waals surface area (Å²) >= 11 is 0. The lowest BCUT2D eigenvalue weighted by Gasteiger charge is -2.43. The summed E-state index contributed by atoms with van der Waals surface area (Å²) in [7, 11) is 0. The monoisotopic (exact) mass is 554 g/mol. The Morgan fingerprint density at radius 3 is 1.29 bits per heavy atom. The van der Waals surface area contributed by atoms with Gasteiger partial charge in [-0.3, -0.25) is 4.79 Å². The van der Waals surface area contributed by atoms with Crippen LogP contribution in [0.1, 0.15) is 21.5 Å². The molecular formula is C16H7F17O2. The Kier molecular flexibility index (Phi) is 6.98. The van der Waals surface area contributed by atoms with Crippen molar-refractivity contribution in [2.24, 2.45) is 0 Å². The van der Waals surface area contributed by atoms with Crippen LogP contribution in [0, 0.1) is 6.92 Å². The molecule has 0 aliphatic rings. The predicted molar refractivity (Wildman–Crippen MR) is 77.9 cm³/mol. The molecule has 0 radical (unpaired) electrons. The van der Waals surface area contributed by atoms with Crippen LogP contribution in [0.4, 0.5) is 74.6 Å². The van der Waals surface area contributed by atoms with Gasteiger partial charge in [0.1, 0.15) is 5.75 Å². The topological polar surface area (TPSA) is 37.3 Å². The van der Waals surface area contributed by atoms with Crippen LogP contribution in [-0.2, 0) is 5.92 Å². The number of hydrogen-bond donors (Lipinski definition) is 1. The van der Waals surface area contributed by atoms with Crippen molar-refractivity contribution in [2.45, 2.75) is 54.6 Å². The van der Waals surface area contributed by atoms with Gasteiger partial charge in [-0.15, -0.1) is 0 Å². The second kappa shape index (κ2) is 8.01. The second-order valence-corrected chi connectivity index (χ2v) is 6.86. The highest BCUT2D eigenvalue weighted by Crippen LogP contribution is 2.65. The zero-order valence-corrected chi connectivity index (χ0v) is 16.0. The van der Waals surface area contributed by atoms with Gasteiger partial charge in [0, 0.05) is 5.56 Å². The van der Waals surface area contributed by atoms with Crippen LogP contribution in [0.2, 0.25) is 0 Å². The first-order chi connectivity index (χ1) is 15.1. The minimum absolute atomic E-state index is 0.00593. The smallest absolute Gasteiger partial charge is 0.460 e. The lowest BCUT2D eigenvalue weighted by molar-refractivity contribution is -0.462. The summed E-state index contributed by atoms with van der Waals surface area (Å²) in [4.78, 5) is 10.6. The normalized spacial score (nSPS) is 15.4. The molecule has 1 N–H and O–H groups in total. The zero-order valence-electron chi connectivity index (χ0n) is 16.0. The number of hydrogen-bond acceptors (Lipinski definition) is 2. The molecule has 202 valence electrons. The first-order valence-corrected chi connectivity index (χ1v) is 8.12. The summed E-state index contributed by atoms with van der Waals surface area (Å²) in [6.07, 6.45) is -8.39. The van der Waals surface area contributed by atoms with E-state index >= 15 is 0 Å². The quantitative estimate of drug-likeness (QED) is 0.278. The van der Waals surface area contributed by atoms with E-state index in [1.54, 1.807) is 0 Å². The zero-order chi connectivity index (χ0) is 28.4. The third-order valence-electron chi connectivity index (χ3n) is 4.56. The maximum atomic E-state index is 14.3. The Morgan fingerprint density at radius 2 is 0.943 bits per heavy atom. The average Bonchev–Trinajstić information content (AvgIpc) is 2.65. The number of benzene rings is 1. The minimum atomic E-state index is -8.72. The molecule has 1 rings (SSSR count). The summed E-state index contributed by atoms with van der Waals surface area (Å²) in [6, 6.07) is -0.504. The highest BCUT2D eigenvalue weighted by molar-refractivity contribution is 5.80. The molecule has 0 fully saturated rings. The van der Waals surface area contributed by atoms with Crippen molar-refractivity contribution in [1.29, 1.82) is 0 Å². The van der Waals surface area contributed by atoms with Crippen LogP contribution in [-0.4, -0.2) is 53.1 Å². The fourth-order valence-corrected chi connectivity index (χ4v) is 2.48. The number of carbonyl (C=O) groups is 1. The van der Waals surface area contributed by atoms with Crippen LogP contribution < -0.4 is 0 Å². The molecule has 0 spiro atoms. The molecule has 0 aromatic heterocycles. The number of phenolic OH excluding ortho intramolecular Hbond substituents is 1. The predicted octanol–water partition coefficient (Wildman–Crippen LogP) is 6.98. The molecule has 2 nitrogen and oxygen atoms in total. The van der Waals surface area contributed by atoms with E-state index in [1.807, 2.05) is 0 Å². The molecule has 0 amide bonds. The Morgan fingerprint density at radius 1 is 0.600 bits per heavy atom. The molecule has 1 aromatic carbocycles. The van der Waals surface area contributed by atoms with Gasteiger partial charge >= 0.3 is 47.6 Å². The average molecular weight is 554 g/mol. The Bertz CT molecular complexity index is 977. The van der Waals surface area contributed by atoms with Gasteiger partial charge in [0.2, 0.25) is 0 Å². The Hall–Kier alpha value is -2.50. The van der Waals surface area contributed by atoms with Crippen molar-refractivity contribution in [3.8, 4) is 5.75 Å². The third kappa shape index (κ3) is 3.84. The van der Waals surface area contributed by atoms with Crippen LogP contribution in [0.25, 0.3) is 0 Å². The highest BCUT2D eigenvalue weighted by Gasteiger charge is 2.95. The Labute approximate surface area is 181 Å². The summed E-state index contributed by atoms with van der Waals surface area (Å²) in [5.74, 6) is -58.7. The maximum absolute atomic E-state index is 14.3. The van der Waals surface area contributed by atoms with Crippen molar-refractivity contribution in [3.63, 3.8) is 0 Å². The summed E-state index contributed by atoms with van der Waals surface area (Å²) in [5.41, 5.74) is -5.30. The van der Waals surface area contributed by atoms with Crippen LogP contribution in [0.3, 0.4) is 0 Å². The summed E-state index contributed by atoms with van der Waals surface area (Å²) in [6.45, 7) is 0.302. The number of aromatic hydroxyl groups is 1. The number of carbonyl (C=O) groups excluding carboxylic acids is 1. The number of aryl methyl sites for hydroxylation is 1. The van der Waals surface area contributed by atoms with Crippen LogP contribution in [0.5, 0.6) is 5.75 Å². The van der Waals surface area contributed by atoms with E-state index in [2.05, 4.69) is 0 Å². The molecule has 0 saturated carbocycles. The molecule has 0 aliphatic carbocycles. The first kappa shape index (κ1) is 30.5. The Balaban J connectivity index is 3.84. The van der Waals surface area contributed by atoms with Gasteiger partial charge in [0.05, 0.1) is 5.56 Å². The minimum Gasteiger partial charge on any atom is -0.507 e. The van der Waals surface area contributed by atoms with E-state index in [-0.39, 0.29) is 6.07 Å². The standard InChI is InChI=1S/C16H7F17O2/c1-5-2-8(35)6(4-34)3-7(5)9(17,18)10(19,20)11(21,22)12(23,24)13(25,26)14(27,28)15(29,30)16(31,32)33/h2-4,35H,1H3. The molecule has 35 heavy (non-hydrogen) atoms. The van der Waals surface area contributed by atoms with E-state index in [9.17, 15) is 84.5 Å². The van der Waals surface area contributed by atoms with Crippen LogP contribution >= 0.6 is 0 Å². The lowest BCUT2D eigenvalue weighted by atomic mass is 9.86. The van der Waals surface area contributed by atoms with Gasteiger partial charge < -0.3 is 5.11 Å². The van der Waals surface area contributed by atoms with Gasteiger partial charge in [0.15, 0.2) is 6.29 Å². The fourth-order valence-electron chi connectivity index (χ4n) is 2.48. The maximum Gasteiger partial charge on any atom is 0.460 e. The lowest BCUT2D eigenvalue weighted by Crippen LogP contribution is -2.74. The number of aldehydes is 1. The van der Waals surface area contributed by atoms with Gasteiger partial charge in [-0.2, -0.15) is 74.6 Å². The largest absolute Gasteiger partial charge is 0.507 e. The number of alkyl halides is 17. The first-order valence-electron chi connectivity index (χ1n) is 8.12. The molecule has 1 aromatic rings. The summed E-state index contributed by atoms with van der Waals surface area (Å²) < 4.78 is 226. The van der Waals surface area contributed by atoms with Gasteiger partial charge in [-0.1, -0.05) is 0 Å². The SMILES string of the molecule is Cc1cc(O)c(C=O)cc1C(F)(F)C(F)(F)C(F)(F)C(F)(F)C(F)(F)C(F)(F)C(F)(F)C(F)(F)F. The van der Waals surface area contributed by atoms with Crippen molar-refractivity contribution >= 4 is 6.29 Å². The molecule has 19 heteroatoms. The van der Waals surface area contributed by atoms with Crippen molar-refractivity contribution in [1.82, 2.24) is 0 Å². The van der Waals surface area contributed by atoms with Gasteiger partial charge in [-0.25, -0.2) is 0 Å². The molecule has 0 bridgehead atoms. The van der Waals surface area contributed by atoms with E-state index in [0.29, 0.717) is 6.92 Å². The number of phenols is 1. The third-order valence-corrected chi connectivity index (χ3v) is 4.56. The van der Waals surface area contributed by atoms with E-state index in [4.69, 9.17) is 0 Å². The van der Waals surface area contributed by atoms with E-state index < -0.39 is 82.4 Å².